The summed E-state index contributed by atoms with van der Waals surface area (Å²) in [6.07, 6.45) is 2.05. The van der Waals surface area contributed by atoms with Gasteiger partial charge in [0.05, 0.1) is 10.2 Å². The predicted octanol–water partition coefficient (Wildman–Crippen LogP) is 3.45. The van der Waals surface area contributed by atoms with Crippen LogP contribution in [0.2, 0.25) is 0 Å². The first kappa shape index (κ1) is 17.2. The minimum atomic E-state index is -0.882. The summed E-state index contributed by atoms with van der Waals surface area (Å²) in [7, 11) is 0. The molecule has 112 valence electrons. The van der Waals surface area contributed by atoms with Crippen LogP contribution >= 0.6 is 27.3 Å². The number of halogens is 1. The Bertz CT molecular complexity index is 459. The molecule has 0 radical (unpaired) electrons. The van der Waals surface area contributed by atoms with Crippen molar-refractivity contribution in [1.82, 2.24) is 5.32 Å². The Morgan fingerprint density at radius 1 is 1.40 bits per heavy atom. The molecule has 1 rings (SSSR count). The smallest absolute Gasteiger partial charge is 0.305 e. The Balaban J connectivity index is 2.32. The second kappa shape index (κ2) is 8.42. The number of carbonyl (C=O) groups is 2. The lowest BCUT2D eigenvalue weighted by Crippen LogP contribution is -2.40. The molecule has 1 atom stereocenters. The van der Waals surface area contributed by atoms with Crippen molar-refractivity contribution in [2.45, 2.75) is 45.6 Å². The van der Waals surface area contributed by atoms with Crippen LogP contribution in [0.15, 0.2) is 15.9 Å². The third kappa shape index (κ3) is 6.52. The molecular weight excluding hydrogens is 342 g/mol. The van der Waals surface area contributed by atoms with Gasteiger partial charge < -0.3 is 10.4 Å². The van der Waals surface area contributed by atoms with E-state index < -0.39 is 5.97 Å². The number of rotatable bonds is 8. The van der Waals surface area contributed by atoms with Crippen molar-refractivity contribution in [2.75, 3.05) is 0 Å². The largest absolute Gasteiger partial charge is 0.481 e. The average molecular weight is 362 g/mol. The minimum Gasteiger partial charge on any atom is -0.481 e. The van der Waals surface area contributed by atoms with Gasteiger partial charge in [-0.15, -0.1) is 11.3 Å². The van der Waals surface area contributed by atoms with E-state index in [1.165, 1.54) is 4.88 Å². The van der Waals surface area contributed by atoms with E-state index in [1.54, 1.807) is 11.3 Å². The first-order valence-electron chi connectivity index (χ1n) is 6.64. The zero-order valence-electron chi connectivity index (χ0n) is 11.7. The number of carboxylic acid groups (broad SMARTS) is 1. The third-order valence-corrected chi connectivity index (χ3v) is 4.68. The summed E-state index contributed by atoms with van der Waals surface area (Å²) < 4.78 is 1.10. The van der Waals surface area contributed by atoms with E-state index in [0.717, 1.165) is 16.6 Å². The van der Waals surface area contributed by atoms with Crippen LogP contribution in [-0.2, 0) is 16.0 Å². The lowest BCUT2D eigenvalue weighted by Gasteiger charge is -2.20. The number of amides is 1. The second-order valence-corrected chi connectivity index (χ2v) is 7.62. The van der Waals surface area contributed by atoms with Crippen LogP contribution in [0.1, 0.15) is 38.0 Å². The molecule has 1 aromatic heterocycles. The molecule has 6 heteroatoms. The summed E-state index contributed by atoms with van der Waals surface area (Å²) in [5, 5.41) is 11.6. The fourth-order valence-electron chi connectivity index (χ4n) is 1.83. The van der Waals surface area contributed by atoms with Crippen LogP contribution in [0.3, 0.4) is 0 Å². The summed E-state index contributed by atoms with van der Waals surface area (Å²) in [6.45, 7) is 3.83. The van der Waals surface area contributed by atoms with Crippen LogP contribution in [-0.4, -0.2) is 23.0 Å². The second-order valence-electron chi connectivity index (χ2n) is 5.08. The molecule has 2 N–H and O–H groups in total. The molecule has 1 amide bonds. The van der Waals surface area contributed by atoms with Gasteiger partial charge in [-0.1, -0.05) is 13.8 Å². The normalized spacial score (nSPS) is 12.4. The van der Waals surface area contributed by atoms with Crippen molar-refractivity contribution in [2.24, 2.45) is 5.92 Å². The monoisotopic (exact) mass is 361 g/mol. The minimum absolute atomic E-state index is 0.0265. The fraction of sp³-hybridized carbons (Fsp3) is 0.571. The molecule has 20 heavy (non-hydrogen) atoms. The number of hydrogen-bond donors (Lipinski definition) is 2. The molecule has 0 spiro atoms. The number of carbonyl (C=O) groups excluding carboxylic acids is 1. The van der Waals surface area contributed by atoms with Crippen molar-refractivity contribution in [3.05, 3.63) is 20.8 Å². The highest BCUT2D eigenvalue weighted by Crippen LogP contribution is 2.23. The van der Waals surface area contributed by atoms with Gasteiger partial charge in [0.2, 0.25) is 5.91 Å². The van der Waals surface area contributed by atoms with Crippen molar-refractivity contribution >= 4 is 39.1 Å². The highest BCUT2D eigenvalue weighted by atomic mass is 79.9. The van der Waals surface area contributed by atoms with Crippen LogP contribution in [0.4, 0.5) is 0 Å². The summed E-state index contributed by atoms with van der Waals surface area (Å²) in [5.74, 6) is -0.837. The van der Waals surface area contributed by atoms with E-state index in [-0.39, 0.29) is 24.3 Å². The first-order valence-corrected chi connectivity index (χ1v) is 8.24. The van der Waals surface area contributed by atoms with Crippen LogP contribution < -0.4 is 5.32 Å². The Kier molecular flexibility index (Phi) is 7.23. The van der Waals surface area contributed by atoms with Gasteiger partial charge in [0.15, 0.2) is 0 Å². The van der Waals surface area contributed by atoms with Gasteiger partial charge >= 0.3 is 5.97 Å². The van der Waals surface area contributed by atoms with E-state index in [0.29, 0.717) is 6.42 Å². The number of aryl methyl sites for hydroxylation is 1. The van der Waals surface area contributed by atoms with Crippen LogP contribution in [0, 0.1) is 5.92 Å². The number of hydrogen-bond acceptors (Lipinski definition) is 3. The first-order chi connectivity index (χ1) is 9.38. The van der Waals surface area contributed by atoms with Crippen LogP contribution in [0.25, 0.3) is 0 Å². The Morgan fingerprint density at radius 3 is 2.60 bits per heavy atom. The summed E-state index contributed by atoms with van der Waals surface area (Å²) in [4.78, 5) is 23.8. The number of nitrogens with one attached hydrogen (secondary N) is 1. The molecule has 0 aliphatic rings. The van der Waals surface area contributed by atoms with Crippen molar-refractivity contribution in [3.8, 4) is 0 Å². The lowest BCUT2D eigenvalue weighted by molar-refractivity contribution is -0.138. The van der Waals surface area contributed by atoms with Crippen molar-refractivity contribution < 1.29 is 14.7 Å². The van der Waals surface area contributed by atoms with Crippen molar-refractivity contribution in [1.29, 1.82) is 0 Å². The van der Waals surface area contributed by atoms with E-state index in [4.69, 9.17) is 5.11 Å². The van der Waals surface area contributed by atoms with Gasteiger partial charge in [-0.05, 0) is 46.8 Å². The van der Waals surface area contributed by atoms with E-state index in [9.17, 15) is 9.59 Å². The van der Waals surface area contributed by atoms with E-state index in [1.807, 2.05) is 26.0 Å². The predicted molar refractivity (Wildman–Crippen MR) is 84.0 cm³/mol. The zero-order chi connectivity index (χ0) is 15.1. The van der Waals surface area contributed by atoms with E-state index in [2.05, 4.69) is 21.2 Å². The molecule has 0 saturated carbocycles. The highest BCUT2D eigenvalue weighted by molar-refractivity contribution is 9.11. The number of carboxylic acids is 1. The third-order valence-electron chi connectivity index (χ3n) is 3.00. The van der Waals surface area contributed by atoms with Gasteiger partial charge in [-0.2, -0.15) is 0 Å². The average Bonchev–Trinajstić information content (AvgIpc) is 2.73. The van der Waals surface area contributed by atoms with E-state index >= 15 is 0 Å². The molecule has 0 bridgehead atoms. The molecule has 0 aliphatic carbocycles. The zero-order valence-corrected chi connectivity index (χ0v) is 14.1. The molecule has 0 saturated heterocycles. The van der Waals surface area contributed by atoms with Crippen molar-refractivity contribution in [3.63, 3.8) is 0 Å². The van der Waals surface area contributed by atoms with Crippen LogP contribution in [0.5, 0.6) is 0 Å². The Labute approximate surface area is 131 Å². The molecule has 0 aromatic carbocycles. The van der Waals surface area contributed by atoms with Gasteiger partial charge in [0, 0.05) is 17.3 Å². The quantitative estimate of drug-likeness (QED) is 0.744. The maximum absolute atomic E-state index is 11.8. The molecule has 0 aliphatic heterocycles. The topological polar surface area (TPSA) is 66.4 Å². The van der Waals surface area contributed by atoms with Gasteiger partial charge in [0.25, 0.3) is 0 Å². The van der Waals surface area contributed by atoms with Gasteiger partial charge in [-0.25, -0.2) is 0 Å². The molecular formula is C14H20BrNO3S. The number of aliphatic carboxylic acids is 1. The molecule has 1 heterocycles. The highest BCUT2D eigenvalue weighted by Gasteiger charge is 2.19. The maximum atomic E-state index is 11.8. The SMILES string of the molecule is CC(C)C(CC(=O)O)NC(=O)CCCc1ccc(Br)s1. The molecule has 0 fully saturated rings. The Hall–Kier alpha value is -0.880. The fourth-order valence-corrected chi connectivity index (χ4v) is 3.35. The van der Waals surface area contributed by atoms with Gasteiger partial charge in [0.1, 0.15) is 0 Å². The molecule has 4 nitrogen and oxygen atoms in total. The molecule has 1 unspecified atom stereocenters. The van der Waals surface area contributed by atoms with Gasteiger partial charge in [-0.3, -0.25) is 9.59 Å². The molecule has 1 aromatic rings. The Morgan fingerprint density at radius 2 is 2.10 bits per heavy atom. The standard InChI is InChI=1S/C14H20BrNO3S/c1-9(2)11(8-14(18)19)16-13(17)5-3-4-10-6-7-12(15)20-10/h6-7,9,11H,3-5,8H2,1-2H3,(H,16,17)(H,18,19). The summed E-state index contributed by atoms with van der Waals surface area (Å²) >= 11 is 5.08. The number of thiophene rings is 1. The maximum Gasteiger partial charge on any atom is 0.305 e. The summed E-state index contributed by atoms with van der Waals surface area (Å²) in [6, 6.07) is 3.76. The lowest BCUT2D eigenvalue weighted by atomic mass is 10.0. The summed E-state index contributed by atoms with van der Waals surface area (Å²) in [5.41, 5.74) is 0.